The Bertz CT molecular complexity index is 694. The number of carbonyl (C=O) groups is 1. The van der Waals surface area contributed by atoms with Crippen molar-refractivity contribution >= 4 is 17.5 Å². The first-order valence-electron chi connectivity index (χ1n) is 8.07. The highest BCUT2D eigenvalue weighted by molar-refractivity contribution is 5.73. The molecule has 0 saturated carbocycles. The lowest BCUT2D eigenvalue weighted by Crippen LogP contribution is -2.49. The molecule has 0 aromatic carbocycles. The number of rotatable bonds is 6. The third-order valence-corrected chi connectivity index (χ3v) is 4.15. The summed E-state index contributed by atoms with van der Waals surface area (Å²) in [5.41, 5.74) is 0.815. The molecule has 24 heavy (non-hydrogen) atoms. The zero-order chi connectivity index (χ0) is 16.9. The molecule has 1 saturated heterocycles. The normalized spacial score (nSPS) is 15.8. The van der Waals surface area contributed by atoms with E-state index in [2.05, 4.69) is 25.3 Å². The summed E-state index contributed by atoms with van der Waals surface area (Å²) in [7, 11) is 1.64. The van der Waals surface area contributed by atoms with E-state index in [-0.39, 0.29) is 5.91 Å². The minimum absolute atomic E-state index is 0.156. The quantitative estimate of drug-likeness (QED) is 0.786. The van der Waals surface area contributed by atoms with E-state index in [1.54, 1.807) is 18.5 Å². The third-order valence-electron chi connectivity index (χ3n) is 4.15. The SMILES string of the molecule is COCc1cc(NCCN2CCN(C(C)=O)CC2)n2ncnc2n1. The topological polar surface area (TPSA) is 87.9 Å². The van der Waals surface area contributed by atoms with Gasteiger partial charge >= 0.3 is 0 Å². The fourth-order valence-electron chi connectivity index (χ4n) is 2.84. The van der Waals surface area contributed by atoms with Gasteiger partial charge in [-0.05, 0) is 0 Å². The highest BCUT2D eigenvalue weighted by Crippen LogP contribution is 2.11. The number of nitrogens with zero attached hydrogens (tertiary/aromatic N) is 6. The van der Waals surface area contributed by atoms with Gasteiger partial charge in [-0.2, -0.15) is 14.6 Å². The van der Waals surface area contributed by atoms with Crippen LogP contribution < -0.4 is 5.32 Å². The number of carbonyl (C=O) groups excluding carboxylic acids is 1. The summed E-state index contributed by atoms with van der Waals surface area (Å²) in [5, 5.41) is 7.59. The molecule has 0 atom stereocenters. The number of amides is 1. The maximum absolute atomic E-state index is 11.4. The van der Waals surface area contributed by atoms with Crippen molar-refractivity contribution in [2.45, 2.75) is 13.5 Å². The van der Waals surface area contributed by atoms with Gasteiger partial charge in [-0.3, -0.25) is 9.69 Å². The molecule has 1 fully saturated rings. The van der Waals surface area contributed by atoms with Crippen LogP contribution in [0.4, 0.5) is 5.82 Å². The number of anilines is 1. The van der Waals surface area contributed by atoms with E-state index in [1.807, 2.05) is 11.0 Å². The molecule has 1 N–H and O–H groups in total. The van der Waals surface area contributed by atoms with E-state index in [9.17, 15) is 4.79 Å². The first-order chi connectivity index (χ1) is 11.7. The zero-order valence-electron chi connectivity index (χ0n) is 14.1. The molecule has 130 valence electrons. The number of methoxy groups -OCH3 is 1. The lowest BCUT2D eigenvalue weighted by atomic mass is 10.3. The number of hydrogen-bond acceptors (Lipinski definition) is 7. The van der Waals surface area contributed by atoms with E-state index >= 15 is 0 Å². The van der Waals surface area contributed by atoms with Gasteiger partial charge in [-0.15, -0.1) is 0 Å². The van der Waals surface area contributed by atoms with E-state index in [0.717, 1.165) is 50.8 Å². The van der Waals surface area contributed by atoms with Crippen LogP contribution in [0.2, 0.25) is 0 Å². The highest BCUT2D eigenvalue weighted by Gasteiger charge is 2.18. The zero-order valence-corrected chi connectivity index (χ0v) is 14.1. The fourth-order valence-corrected chi connectivity index (χ4v) is 2.84. The molecule has 1 aliphatic heterocycles. The summed E-state index contributed by atoms with van der Waals surface area (Å²) >= 11 is 0. The Morgan fingerprint density at radius 1 is 1.33 bits per heavy atom. The molecule has 1 amide bonds. The van der Waals surface area contributed by atoms with Gasteiger partial charge in [0.25, 0.3) is 5.78 Å². The first kappa shape index (κ1) is 16.6. The Labute approximate surface area is 140 Å². The molecule has 0 radical (unpaired) electrons. The van der Waals surface area contributed by atoms with Crippen LogP contribution in [0.1, 0.15) is 12.6 Å². The number of aromatic nitrogens is 4. The predicted octanol–water partition coefficient (Wildman–Crippen LogP) is -0.153. The van der Waals surface area contributed by atoms with Crippen LogP contribution in [0.25, 0.3) is 5.78 Å². The van der Waals surface area contributed by atoms with Crippen LogP contribution in [0.5, 0.6) is 0 Å². The molecule has 0 unspecified atom stereocenters. The molecule has 0 aliphatic carbocycles. The minimum atomic E-state index is 0.156. The van der Waals surface area contributed by atoms with Crippen LogP contribution in [0.15, 0.2) is 12.4 Å². The Hall–Kier alpha value is -2.26. The van der Waals surface area contributed by atoms with Crippen LogP contribution in [0.3, 0.4) is 0 Å². The maximum atomic E-state index is 11.4. The summed E-state index contributed by atoms with van der Waals surface area (Å²) in [6.45, 7) is 7.17. The highest BCUT2D eigenvalue weighted by atomic mass is 16.5. The van der Waals surface area contributed by atoms with Crippen molar-refractivity contribution in [2.75, 3.05) is 51.7 Å². The van der Waals surface area contributed by atoms with Crippen molar-refractivity contribution in [2.24, 2.45) is 0 Å². The van der Waals surface area contributed by atoms with E-state index in [4.69, 9.17) is 4.74 Å². The van der Waals surface area contributed by atoms with Gasteiger partial charge in [0.15, 0.2) is 0 Å². The van der Waals surface area contributed by atoms with Gasteiger partial charge in [0, 0.05) is 59.4 Å². The van der Waals surface area contributed by atoms with Crippen molar-refractivity contribution in [1.29, 1.82) is 0 Å². The van der Waals surface area contributed by atoms with Crippen LogP contribution in [-0.2, 0) is 16.1 Å². The lowest BCUT2D eigenvalue weighted by Gasteiger charge is -2.34. The molecule has 2 aromatic heterocycles. The molecule has 2 aromatic rings. The predicted molar refractivity (Wildman–Crippen MR) is 88.7 cm³/mol. The van der Waals surface area contributed by atoms with Gasteiger partial charge in [0.05, 0.1) is 12.3 Å². The molecule has 3 rings (SSSR count). The Morgan fingerprint density at radius 2 is 2.12 bits per heavy atom. The number of ether oxygens (including phenoxy) is 1. The van der Waals surface area contributed by atoms with Crippen LogP contribution in [-0.4, -0.2) is 81.7 Å². The third kappa shape index (κ3) is 3.80. The van der Waals surface area contributed by atoms with Crippen LogP contribution >= 0.6 is 0 Å². The Morgan fingerprint density at radius 3 is 2.83 bits per heavy atom. The number of hydrogen-bond donors (Lipinski definition) is 1. The second-order valence-corrected chi connectivity index (χ2v) is 5.81. The standard InChI is InChI=1S/C15H23N7O2/c1-12(23)21-7-5-20(6-8-21)4-3-16-14-9-13(10-24-2)19-15-17-11-18-22(14)15/h9,11,16H,3-8,10H2,1-2H3. The fraction of sp³-hybridized carbons (Fsp3) is 0.600. The average Bonchev–Trinajstić information content (AvgIpc) is 3.04. The summed E-state index contributed by atoms with van der Waals surface area (Å²) in [5.74, 6) is 1.57. The van der Waals surface area contributed by atoms with E-state index in [0.29, 0.717) is 12.4 Å². The number of nitrogens with one attached hydrogen (secondary N) is 1. The van der Waals surface area contributed by atoms with Crippen molar-refractivity contribution in [3.63, 3.8) is 0 Å². The monoisotopic (exact) mass is 333 g/mol. The minimum Gasteiger partial charge on any atom is -0.378 e. The van der Waals surface area contributed by atoms with Gasteiger partial charge in [0.1, 0.15) is 12.1 Å². The summed E-state index contributed by atoms with van der Waals surface area (Å²) in [6.07, 6.45) is 1.49. The average molecular weight is 333 g/mol. The van der Waals surface area contributed by atoms with E-state index in [1.165, 1.54) is 6.33 Å². The molecular formula is C15H23N7O2. The number of piperazine rings is 1. The number of fused-ring (bicyclic) bond motifs is 1. The second-order valence-electron chi connectivity index (χ2n) is 5.81. The first-order valence-corrected chi connectivity index (χ1v) is 8.07. The summed E-state index contributed by atoms with van der Waals surface area (Å²) in [6, 6.07) is 1.93. The van der Waals surface area contributed by atoms with Crippen molar-refractivity contribution < 1.29 is 9.53 Å². The Kier molecular flexibility index (Phi) is 5.21. The summed E-state index contributed by atoms with van der Waals surface area (Å²) in [4.78, 5) is 24.1. The summed E-state index contributed by atoms with van der Waals surface area (Å²) < 4.78 is 6.84. The largest absolute Gasteiger partial charge is 0.378 e. The van der Waals surface area contributed by atoms with Gasteiger partial charge in [-0.1, -0.05) is 0 Å². The van der Waals surface area contributed by atoms with Crippen LogP contribution in [0, 0.1) is 0 Å². The molecule has 9 nitrogen and oxygen atoms in total. The maximum Gasteiger partial charge on any atom is 0.254 e. The molecule has 9 heteroatoms. The smallest absolute Gasteiger partial charge is 0.254 e. The molecule has 0 spiro atoms. The molecule has 0 bridgehead atoms. The van der Waals surface area contributed by atoms with Gasteiger partial charge in [0.2, 0.25) is 5.91 Å². The molecule has 3 heterocycles. The molecular weight excluding hydrogens is 310 g/mol. The van der Waals surface area contributed by atoms with E-state index < -0.39 is 0 Å². The lowest BCUT2D eigenvalue weighted by molar-refractivity contribution is -0.130. The van der Waals surface area contributed by atoms with Crippen molar-refractivity contribution in [3.05, 3.63) is 18.1 Å². The molecule has 1 aliphatic rings. The second kappa shape index (κ2) is 7.54. The van der Waals surface area contributed by atoms with Crippen molar-refractivity contribution in [3.8, 4) is 0 Å². The van der Waals surface area contributed by atoms with Gasteiger partial charge in [-0.25, -0.2) is 4.98 Å². The van der Waals surface area contributed by atoms with Crippen molar-refractivity contribution in [1.82, 2.24) is 29.4 Å². The van der Waals surface area contributed by atoms with Gasteiger partial charge < -0.3 is 15.0 Å². The Balaban J connectivity index is 1.56.